The van der Waals surface area contributed by atoms with Gasteiger partial charge < -0.3 is 4.74 Å². The summed E-state index contributed by atoms with van der Waals surface area (Å²) in [6.07, 6.45) is 0. The molecule has 0 saturated heterocycles. The van der Waals surface area contributed by atoms with E-state index in [9.17, 15) is 18.8 Å². The van der Waals surface area contributed by atoms with Crippen LogP contribution in [-0.4, -0.2) is 28.6 Å². The van der Waals surface area contributed by atoms with Gasteiger partial charge in [-0.25, -0.2) is 9.49 Å². The van der Waals surface area contributed by atoms with Crippen LogP contribution >= 0.6 is 11.6 Å². The number of halogens is 2. The minimum absolute atomic E-state index is 0.00995. The number of hydrogen-bond acceptors (Lipinski definition) is 5. The summed E-state index contributed by atoms with van der Waals surface area (Å²) in [5.41, 5.74) is 3.83. The van der Waals surface area contributed by atoms with Gasteiger partial charge >= 0.3 is 0 Å². The fraction of sp³-hybridized carbons (Fsp3) is 0.0588. The maximum Gasteiger partial charge on any atom is 0.290 e. The molecule has 138 valence electrons. The van der Waals surface area contributed by atoms with Crippen molar-refractivity contribution in [2.75, 3.05) is 6.61 Å². The summed E-state index contributed by atoms with van der Waals surface area (Å²) in [6, 6.07) is 9.87. The van der Waals surface area contributed by atoms with Gasteiger partial charge in [0.05, 0.1) is 10.4 Å². The lowest BCUT2D eigenvalue weighted by Gasteiger charge is -2.10. The lowest BCUT2D eigenvalue weighted by molar-refractivity contribution is -0.123. The summed E-state index contributed by atoms with van der Waals surface area (Å²) < 4.78 is 18.1. The number of benzene rings is 2. The number of carbonyl (C=O) groups is 2. The number of nitrogens with zero attached hydrogens (tertiary/aromatic N) is 1. The molecule has 0 aliphatic heterocycles. The Balaban J connectivity index is 1.61. The van der Waals surface area contributed by atoms with Gasteiger partial charge in [0.2, 0.25) is 0 Å². The number of H-pyrrole nitrogens is 1. The molecule has 8 nitrogen and oxygen atoms in total. The van der Waals surface area contributed by atoms with E-state index in [2.05, 4.69) is 21.0 Å². The van der Waals surface area contributed by atoms with Crippen molar-refractivity contribution in [3.05, 3.63) is 69.4 Å². The summed E-state index contributed by atoms with van der Waals surface area (Å²) >= 11 is 5.79. The number of amides is 2. The van der Waals surface area contributed by atoms with Crippen LogP contribution in [0.25, 0.3) is 10.8 Å². The molecule has 3 N–H and O–H groups in total. The van der Waals surface area contributed by atoms with Gasteiger partial charge in [0, 0.05) is 5.39 Å². The van der Waals surface area contributed by atoms with Crippen molar-refractivity contribution in [2.24, 2.45) is 0 Å². The Labute approximate surface area is 156 Å². The molecule has 1 heterocycles. The van der Waals surface area contributed by atoms with E-state index in [0.29, 0.717) is 10.8 Å². The third-order valence-electron chi connectivity index (χ3n) is 3.48. The van der Waals surface area contributed by atoms with Crippen molar-refractivity contribution in [1.29, 1.82) is 0 Å². The van der Waals surface area contributed by atoms with E-state index in [1.165, 1.54) is 6.07 Å². The number of aromatic nitrogens is 2. The van der Waals surface area contributed by atoms with Crippen molar-refractivity contribution in [3.63, 3.8) is 0 Å². The van der Waals surface area contributed by atoms with Gasteiger partial charge in [0.25, 0.3) is 17.4 Å². The van der Waals surface area contributed by atoms with Crippen LogP contribution < -0.4 is 21.1 Å². The molecule has 0 radical (unpaired) electrons. The first-order valence-corrected chi connectivity index (χ1v) is 7.98. The fourth-order valence-electron chi connectivity index (χ4n) is 2.25. The van der Waals surface area contributed by atoms with E-state index in [1.54, 1.807) is 24.3 Å². The van der Waals surface area contributed by atoms with Crippen LogP contribution in [0.3, 0.4) is 0 Å². The number of fused-ring (bicyclic) bond motifs is 1. The van der Waals surface area contributed by atoms with Crippen molar-refractivity contribution in [1.82, 2.24) is 21.0 Å². The van der Waals surface area contributed by atoms with Crippen LogP contribution in [0.4, 0.5) is 4.39 Å². The summed E-state index contributed by atoms with van der Waals surface area (Å²) in [5.74, 6) is -1.83. The number of rotatable bonds is 4. The normalized spacial score (nSPS) is 10.4. The maximum atomic E-state index is 13.0. The molecular formula is C17H12ClFN4O4. The van der Waals surface area contributed by atoms with Crippen LogP contribution in [0.2, 0.25) is 5.02 Å². The molecule has 0 spiro atoms. The second-order valence-corrected chi connectivity index (χ2v) is 5.72. The number of hydrazine groups is 1. The molecule has 0 aliphatic carbocycles. The van der Waals surface area contributed by atoms with Crippen molar-refractivity contribution < 1.29 is 18.7 Å². The third-order valence-corrected chi connectivity index (χ3v) is 3.77. The minimum atomic E-state index is -0.726. The zero-order valence-corrected chi connectivity index (χ0v) is 14.3. The van der Waals surface area contributed by atoms with Gasteiger partial charge in [0.1, 0.15) is 11.6 Å². The standard InChI is InChI=1S/C17H12ClFN4O4/c18-12-7-9(19)5-6-13(12)27-8-14(24)20-23-17(26)15-10-3-1-2-4-11(10)16(25)22-21-15/h1-7H,8H2,(H,20,24)(H,22,25)(H,23,26). The van der Waals surface area contributed by atoms with E-state index in [4.69, 9.17) is 16.3 Å². The first-order chi connectivity index (χ1) is 13.0. The van der Waals surface area contributed by atoms with Gasteiger partial charge in [-0.15, -0.1) is 0 Å². The maximum absolute atomic E-state index is 13.0. The van der Waals surface area contributed by atoms with Crippen molar-refractivity contribution in [3.8, 4) is 5.75 Å². The van der Waals surface area contributed by atoms with Crippen LogP contribution in [0, 0.1) is 5.82 Å². The predicted octanol–water partition coefficient (Wildman–Crippen LogP) is 1.56. The van der Waals surface area contributed by atoms with Gasteiger partial charge in [-0.1, -0.05) is 29.8 Å². The molecule has 0 saturated carbocycles. The molecule has 2 aromatic carbocycles. The molecule has 0 bridgehead atoms. The van der Waals surface area contributed by atoms with Crippen molar-refractivity contribution in [2.45, 2.75) is 0 Å². The summed E-state index contributed by atoms with van der Waals surface area (Å²) in [4.78, 5) is 35.7. The lowest BCUT2D eigenvalue weighted by Crippen LogP contribution is -2.44. The lowest BCUT2D eigenvalue weighted by atomic mass is 10.1. The topological polar surface area (TPSA) is 113 Å². The second-order valence-electron chi connectivity index (χ2n) is 5.31. The molecule has 3 rings (SSSR count). The van der Waals surface area contributed by atoms with E-state index < -0.39 is 29.8 Å². The minimum Gasteiger partial charge on any atom is -0.482 e. The monoisotopic (exact) mass is 390 g/mol. The fourth-order valence-corrected chi connectivity index (χ4v) is 2.47. The Bertz CT molecular complexity index is 1090. The second kappa shape index (κ2) is 7.83. The molecule has 0 unspecified atom stereocenters. The molecule has 3 aromatic rings. The largest absolute Gasteiger partial charge is 0.482 e. The first kappa shape index (κ1) is 18.3. The van der Waals surface area contributed by atoms with Gasteiger partial charge in [-0.05, 0) is 24.3 Å². The molecule has 2 amide bonds. The Kier molecular flexibility index (Phi) is 5.32. The van der Waals surface area contributed by atoms with Gasteiger partial charge in [-0.3, -0.25) is 25.2 Å². The molecule has 1 aromatic heterocycles. The molecule has 0 aliphatic rings. The number of hydrogen-bond donors (Lipinski definition) is 3. The smallest absolute Gasteiger partial charge is 0.290 e. The highest BCUT2D eigenvalue weighted by molar-refractivity contribution is 6.32. The number of carbonyl (C=O) groups excluding carboxylic acids is 2. The van der Waals surface area contributed by atoms with E-state index in [0.717, 1.165) is 12.1 Å². The number of ether oxygens (including phenoxy) is 1. The SMILES string of the molecule is O=C(COc1ccc(F)cc1Cl)NNC(=O)c1n[nH]c(=O)c2ccccc12. The Hall–Kier alpha value is -3.46. The molecule has 0 fully saturated rings. The van der Waals surface area contributed by atoms with E-state index in [1.807, 2.05) is 0 Å². The molecular weight excluding hydrogens is 379 g/mol. The number of aromatic amines is 1. The summed E-state index contributed by atoms with van der Waals surface area (Å²) in [7, 11) is 0. The average Bonchev–Trinajstić information content (AvgIpc) is 2.66. The zero-order chi connectivity index (χ0) is 19.4. The quantitative estimate of drug-likeness (QED) is 0.585. The average molecular weight is 391 g/mol. The highest BCUT2D eigenvalue weighted by atomic mass is 35.5. The number of nitrogens with one attached hydrogen (secondary N) is 3. The molecule has 0 atom stereocenters. The Morgan fingerprint density at radius 2 is 1.89 bits per heavy atom. The predicted molar refractivity (Wildman–Crippen MR) is 94.9 cm³/mol. The van der Waals surface area contributed by atoms with Crippen LogP contribution in [0.5, 0.6) is 5.75 Å². The van der Waals surface area contributed by atoms with E-state index >= 15 is 0 Å². The van der Waals surface area contributed by atoms with E-state index in [-0.39, 0.29) is 16.5 Å². The summed E-state index contributed by atoms with van der Waals surface area (Å²) in [6.45, 7) is -0.467. The third kappa shape index (κ3) is 4.21. The van der Waals surface area contributed by atoms with Gasteiger partial charge in [0.15, 0.2) is 12.3 Å². The first-order valence-electron chi connectivity index (χ1n) is 7.60. The van der Waals surface area contributed by atoms with Crippen LogP contribution in [0.15, 0.2) is 47.3 Å². The highest BCUT2D eigenvalue weighted by Gasteiger charge is 2.15. The van der Waals surface area contributed by atoms with Crippen LogP contribution in [0.1, 0.15) is 10.5 Å². The molecule has 10 heteroatoms. The molecule has 27 heavy (non-hydrogen) atoms. The van der Waals surface area contributed by atoms with Crippen molar-refractivity contribution >= 4 is 34.2 Å². The summed E-state index contributed by atoms with van der Waals surface area (Å²) in [5, 5.41) is 6.57. The Morgan fingerprint density at radius 3 is 2.63 bits per heavy atom. The van der Waals surface area contributed by atoms with Gasteiger partial charge in [-0.2, -0.15) is 5.10 Å². The van der Waals surface area contributed by atoms with Crippen LogP contribution in [-0.2, 0) is 4.79 Å². The zero-order valence-electron chi connectivity index (χ0n) is 13.6. The Morgan fingerprint density at radius 1 is 1.15 bits per heavy atom. The highest BCUT2D eigenvalue weighted by Crippen LogP contribution is 2.24.